The lowest BCUT2D eigenvalue weighted by molar-refractivity contribution is -0.118. The van der Waals surface area contributed by atoms with Crippen LogP contribution < -0.4 is 20.5 Å². The van der Waals surface area contributed by atoms with Gasteiger partial charge < -0.3 is 20.5 Å². The molecule has 0 atom stereocenters. The molecule has 2 aromatic carbocycles. The Labute approximate surface area is 131 Å². The number of anilines is 2. The van der Waals surface area contributed by atoms with E-state index in [0.717, 1.165) is 4.47 Å². The van der Waals surface area contributed by atoms with Crippen LogP contribution in [0.1, 0.15) is 0 Å². The van der Waals surface area contributed by atoms with Gasteiger partial charge in [-0.25, -0.2) is 0 Å². The molecule has 21 heavy (non-hydrogen) atoms. The second-order valence-corrected chi connectivity index (χ2v) is 5.17. The van der Waals surface area contributed by atoms with E-state index < -0.39 is 0 Å². The molecule has 0 spiro atoms. The molecule has 2 aromatic rings. The van der Waals surface area contributed by atoms with Crippen LogP contribution >= 0.6 is 15.9 Å². The van der Waals surface area contributed by atoms with Gasteiger partial charge in [0.05, 0.1) is 7.11 Å². The van der Waals surface area contributed by atoms with E-state index in [0.29, 0.717) is 22.9 Å². The number of hydrogen-bond donors (Lipinski definition) is 2. The van der Waals surface area contributed by atoms with Gasteiger partial charge in [-0.15, -0.1) is 0 Å². The highest BCUT2D eigenvalue weighted by Gasteiger charge is 2.08. The maximum atomic E-state index is 11.8. The van der Waals surface area contributed by atoms with Crippen LogP contribution in [0.4, 0.5) is 11.4 Å². The number of hydrogen-bond acceptors (Lipinski definition) is 4. The highest BCUT2D eigenvalue weighted by atomic mass is 79.9. The zero-order valence-corrected chi connectivity index (χ0v) is 13.0. The summed E-state index contributed by atoms with van der Waals surface area (Å²) in [6.45, 7) is -0.118. The second kappa shape index (κ2) is 6.99. The smallest absolute Gasteiger partial charge is 0.262 e. The summed E-state index contributed by atoms with van der Waals surface area (Å²) in [6, 6.07) is 12.3. The first-order chi connectivity index (χ1) is 10.1. The van der Waals surface area contributed by atoms with E-state index in [1.54, 1.807) is 24.3 Å². The molecule has 0 aliphatic carbocycles. The predicted molar refractivity (Wildman–Crippen MR) is 85.7 cm³/mol. The lowest BCUT2D eigenvalue weighted by Crippen LogP contribution is -2.20. The minimum absolute atomic E-state index is 0.118. The summed E-state index contributed by atoms with van der Waals surface area (Å²) in [4.78, 5) is 11.8. The van der Waals surface area contributed by atoms with Crippen LogP contribution in [0.2, 0.25) is 0 Å². The minimum atomic E-state index is -0.257. The molecule has 3 N–H and O–H groups in total. The molecule has 0 radical (unpaired) electrons. The summed E-state index contributed by atoms with van der Waals surface area (Å²) in [5.74, 6) is 0.702. The lowest BCUT2D eigenvalue weighted by Gasteiger charge is -2.11. The van der Waals surface area contributed by atoms with Crippen LogP contribution in [0.15, 0.2) is 46.9 Å². The number of rotatable bonds is 5. The summed E-state index contributed by atoms with van der Waals surface area (Å²) in [5.41, 5.74) is 6.92. The number of nitrogens with two attached hydrogens (primary N) is 1. The summed E-state index contributed by atoms with van der Waals surface area (Å²) < 4.78 is 11.5. The number of carbonyl (C=O) groups is 1. The molecule has 5 nitrogen and oxygen atoms in total. The van der Waals surface area contributed by atoms with Crippen molar-refractivity contribution in [3.63, 3.8) is 0 Å². The Hall–Kier alpha value is -2.21. The van der Waals surface area contributed by atoms with Crippen molar-refractivity contribution in [3.05, 3.63) is 46.9 Å². The molecular formula is C15H15BrN2O3. The van der Waals surface area contributed by atoms with Crippen LogP contribution in [0.25, 0.3) is 0 Å². The van der Waals surface area contributed by atoms with Crippen molar-refractivity contribution in [1.29, 1.82) is 0 Å². The second-order valence-electron chi connectivity index (χ2n) is 4.26. The van der Waals surface area contributed by atoms with Gasteiger partial charge in [-0.3, -0.25) is 4.79 Å². The fraction of sp³-hybridized carbons (Fsp3) is 0.133. The zero-order chi connectivity index (χ0) is 15.2. The van der Waals surface area contributed by atoms with Crippen LogP contribution in [0, 0.1) is 0 Å². The highest BCUT2D eigenvalue weighted by molar-refractivity contribution is 9.10. The van der Waals surface area contributed by atoms with Crippen molar-refractivity contribution in [1.82, 2.24) is 0 Å². The number of methoxy groups -OCH3 is 1. The molecule has 0 heterocycles. The maximum absolute atomic E-state index is 11.8. The predicted octanol–water partition coefficient (Wildman–Crippen LogP) is 3.06. The molecule has 0 aromatic heterocycles. The normalized spacial score (nSPS) is 10.0. The van der Waals surface area contributed by atoms with Crippen LogP contribution in [0.3, 0.4) is 0 Å². The molecule has 0 saturated carbocycles. The number of ether oxygens (including phenoxy) is 2. The first kappa shape index (κ1) is 15.2. The van der Waals surface area contributed by atoms with Gasteiger partial charge in [0.2, 0.25) is 0 Å². The molecule has 0 saturated heterocycles. The number of benzene rings is 2. The average molecular weight is 351 g/mol. The van der Waals surface area contributed by atoms with Gasteiger partial charge in [0.15, 0.2) is 18.1 Å². The Morgan fingerprint density at radius 2 is 2.05 bits per heavy atom. The van der Waals surface area contributed by atoms with E-state index in [4.69, 9.17) is 15.2 Å². The van der Waals surface area contributed by atoms with E-state index in [1.807, 2.05) is 18.2 Å². The molecule has 0 unspecified atom stereocenters. The Morgan fingerprint density at radius 3 is 2.76 bits per heavy atom. The fourth-order valence-corrected chi connectivity index (χ4v) is 2.11. The number of amides is 1. The lowest BCUT2D eigenvalue weighted by atomic mass is 10.3. The van der Waals surface area contributed by atoms with E-state index in [1.165, 1.54) is 7.11 Å². The van der Waals surface area contributed by atoms with Crippen LogP contribution in [-0.4, -0.2) is 19.6 Å². The molecule has 0 bridgehead atoms. The molecule has 6 heteroatoms. The van der Waals surface area contributed by atoms with Crippen molar-refractivity contribution in [3.8, 4) is 11.5 Å². The topological polar surface area (TPSA) is 73.6 Å². The monoisotopic (exact) mass is 350 g/mol. The Balaban J connectivity index is 1.95. The number of nitrogen functional groups attached to an aromatic ring is 1. The third-order valence-electron chi connectivity index (χ3n) is 2.65. The summed E-state index contributed by atoms with van der Waals surface area (Å²) in [7, 11) is 1.52. The number of carbonyl (C=O) groups excluding carboxylic acids is 1. The summed E-state index contributed by atoms with van der Waals surface area (Å²) in [6.07, 6.45) is 0. The Kier molecular flexibility index (Phi) is 5.05. The van der Waals surface area contributed by atoms with Crippen LogP contribution in [-0.2, 0) is 4.79 Å². The van der Waals surface area contributed by atoms with Crippen molar-refractivity contribution in [2.24, 2.45) is 0 Å². The zero-order valence-electron chi connectivity index (χ0n) is 11.4. The standard InChI is InChI=1S/C15H15BrN2O3/c1-20-14-8-11(17)5-6-13(14)21-9-15(19)18-12-4-2-3-10(16)7-12/h2-8H,9,17H2,1H3,(H,18,19). The first-order valence-corrected chi connectivity index (χ1v) is 6.99. The van der Waals surface area contributed by atoms with Gasteiger partial charge in [0, 0.05) is 21.9 Å². The van der Waals surface area contributed by atoms with Gasteiger partial charge in [-0.2, -0.15) is 0 Å². The summed E-state index contributed by atoms with van der Waals surface area (Å²) in [5, 5.41) is 2.74. The SMILES string of the molecule is COc1cc(N)ccc1OCC(=O)Nc1cccc(Br)c1. The van der Waals surface area contributed by atoms with E-state index >= 15 is 0 Å². The molecule has 2 rings (SSSR count). The van der Waals surface area contributed by atoms with Crippen molar-refractivity contribution >= 4 is 33.2 Å². The molecule has 110 valence electrons. The van der Waals surface area contributed by atoms with Crippen molar-refractivity contribution < 1.29 is 14.3 Å². The number of halogens is 1. The Bertz CT molecular complexity index is 647. The maximum Gasteiger partial charge on any atom is 0.262 e. The quantitative estimate of drug-likeness (QED) is 0.812. The fourth-order valence-electron chi connectivity index (χ4n) is 1.71. The van der Waals surface area contributed by atoms with Gasteiger partial charge in [-0.1, -0.05) is 22.0 Å². The van der Waals surface area contributed by atoms with Gasteiger partial charge in [0.1, 0.15) is 0 Å². The summed E-state index contributed by atoms with van der Waals surface area (Å²) >= 11 is 3.34. The van der Waals surface area contributed by atoms with E-state index in [9.17, 15) is 4.79 Å². The van der Waals surface area contributed by atoms with Crippen molar-refractivity contribution in [2.45, 2.75) is 0 Å². The van der Waals surface area contributed by atoms with E-state index in [-0.39, 0.29) is 12.5 Å². The minimum Gasteiger partial charge on any atom is -0.493 e. The van der Waals surface area contributed by atoms with E-state index in [2.05, 4.69) is 21.2 Å². The highest BCUT2D eigenvalue weighted by Crippen LogP contribution is 2.28. The van der Waals surface area contributed by atoms with Crippen molar-refractivity contribution in [2.75, 3.05) is 24.8 Å². The Morgan fingerprint density at radius 1 is 1.24 bits per heavy atom. The van der Waals surface area contributed by atoms with Gasteiger partial charge >= 0.3 is 0 Å². The molecule has 0 aliphatic heterocycles. The third kappa shape index (κ3) is 4.39. The molecular weight excluding hydrogens is 336 g/mol. The average Bonchev–Trinajstić information content (AvgIpc) is 2.45. The van der Waals surface area contributed by atoms with Gasteiger partial charge in [0.25, 0.3) is 5.91 Å². The molecule has 0 fully saturated rings. The van der Waals surface area contributed by atoms with Gasteiger partial charge in [-0.05, 0) is 30.3 Å². The third-order valence-corrected chi connectivity index (χ3v) is 3.15. The first-order valence-electron chi connectivity index (χ1n) is 6.20. The number of nitrogens with one attached hydrogen (secondary N) is 1. The largest absolute Gasteiger partial charge is 0.493 e. The van der Waals surface area contributed by atoms with Crippen LogP contribution in [0.5, 0.6) is 11.5 Å². The molecule has 1 amide bonds. The molecule has 0 aliphatic rings.